The number of aromatic nitrogens is 2. The number of carbonyl (C=O) groups excluding carboxylic acids is 2. The molecule has 2 N–H and O–H groups in total. The number of nitrogens with one attached hydrogen (secondary N) is 2. The first-order chi connectivity index (χ1) is 13.3. The maximum atomic E-state index is 13.2. The number of amides is 2. The van der Waals surface area contributed by atoms with Crippen molar-refractivity contribution in [1.82, 2.24) is 15.1 Å². The Balaban J connectivity index is 1.63. The quantitative estimate of drug-likeness (QED) is 0.683. The lowest BCUT2D eigenvalue weighted by Gasteiger charge is -2.08. The van der Waals surface area contributed by atoms with Gasteiger partial charge in [-0.05, 0) is 37.3 Å². The smallest absolute Gasteiger partial charge is 0.255 e. The SMILES string of the molecule is Cc1c(C(=O)NCC(=O)Nc2ccc(F)c(F)c2)cnn1-c1cccc(Cl)c1. The number of anilines is 1. The second kappa shape index (κ2) is 8.18. The molecule has 0 aliphatic carbocycles. The lowest BCUT2D eigenvalue weighted by Crippen LogP contribution is -2.33. The van der Waals surface area contributed by atoms with Crippen LogP contribution in [0.25, 0.3) is 5.69 Å². The average molecular weight is 405 g/mol. The molecule has 2 amide bonds. The van der Waals surface area contributed by atoms with E-state index >= 15 is 0 Å². The van der Waals surface area contributed by atoms with Crippen LogP contribution in [0.4, 0.5) is 14.5 Å². The summed E-state index contributed by atoms with van der Waals surface area (Å²) in [4.78, 5) is 24.3. The number of hydrogen-bond donors (Lipinski definition) is 2. The van der Waals surface area contributed by atoms with E-state index in [9.17, 15) is 18.4 Å². The van der Waals surface area contributed by atoms with Crippen molar-refractivity contribution in [2.24, 2.45) is 0 Å². The highest BCUT2D eigenvalue weighted by Gasteiger charge is 2.16. The standard InChI is InChI=1S/C19H15ClF2N4O2/c1-11-15(9-24-26(11)14-4-2-3-12(20)7-14)19(28)23-10-18(27)25-13-5-6-16(21)17(22)8-13/h2-9H,10H2,1H3,(H,23,28)(H,25,27). The Hall–Kier alpha value is -3.26. The minimum atomic E-state index is -1.08. The second-order valence-electron chi connectivity index (χ2n) is 5.90. The molecule has 0 saturated heterocycles. The number of benzene rings is 2. The summed E-state index contributed by atoms with van der Waals surface area (Å²) in [5.74, 6) is -3.17. The lowest BCUT2D eigenvalue weighted by atomic mass is 10.2. The fourth-order valence-corrected chi connectivity index (χ4v) is 2.72. The van der Waals surface area contributed by atoms with Gasteiger partial charge in [0, 0.05) is 16.8 Å². The van der Waals surface area contributed by atoms with E-state index in [-0.39, 0.29) is 12.2 Å². The van der Waals surface area contributed by atoms with Crippen molar-refractivity contribution in [3.8, 4) is 5.69 Å². The molecule has 0 unspecified atom stereocenters. The van der Waals surface area contributed by atoms with Crippen LogP contribution in [-0.2, 0) is 4.79 Å². The maximum absolute atomic E-state index is 13.2. The highest BCUT2D eigenvalue weighted by molar-refractivity contribution is 6.30. The predicted molar refractivity (Wildman–Crippen MR) is 101 cm³/mol. The molecule has 1 heterocycles. The monoisotopic (exact) mass is 404 g/mol. The molecular weight excluding hydrogens is 390 g/mol. The second-order valence-corrected chi connectivity index (χ2v) is 6.33. The van der Waals surface area contributed by atoms with E-state index < -0.39 is 23.4 Å². The third kappa shape index (κ3) is 4.34. The van der Waals surface area contributed by atoms with Gasteiger partial charge in [-0.1, -0.05) is 17.7 Å². The molecule has 0 spiro atoms. The summed E-state index contributed by atoms with van der Waals surface area (Å²) in [6, 6.07) is 9.97. The van der Waals surface area contributed by atoms with E-state index in [0.717, 1.165) is 12.1 Å². The fourth-order valence-electron chi connectivity index (χ4n) is 2.54. The largest absolute Gasteiger partial charge is 0.343 e. The van der Waals surface area contributed by atoms with E-state index in [1.165, 1.54) is 12.3 Å². The summed E-state index contributed by atoms with van der Waals surface area (Å²) in [6.07, 6.45) is 1.39. The summed E-state index contributed by atoms with van der Waals surface area (Å²) in [7, 11) is 0. The summed E-state index contributed by atoms with van der Waals surface area (Å²) < 4.78 is 27.6. The van der Waals surface area contributed by atoms with E-state index in [1.54, 1.807) is 35.9 Å². The van der Waals surface area contributed by atoms with E-state index in [1.807, 2.05) is 0 Å². The zero-order valence-corrected chi connectivity index (χ0v) is 15.4. The summed E-state index contributed by atoms with van der Waals surface area (Å²) in [6.45, 7) is 1.36. The van der Waals surface area contributed by atoms with Crippen molar-refractivity contribution in [3.63, 3.8) is 0 Å². The van der Waals surface area contributed by atoms with Gasteiger partial charge in [0.25, 0.3) is 5.91 Å². The molecule has 6 nitrogen and oxygen atoms in total. The molecule has 0 bridgehead atoms. The van der Waals surface area contributed by atoms with Gasteiger partial charge in [0.05, 0.1) is 29.7 Å². The molecule has 0 fully saturated rings. The Morgan fingerprint density at radius 1 is 1.14 bits per heavy atom. The first-order valence-corrected chi connectivity index (χ1v) is 8.56. The zero-order valence-electron chi connectivity index (χ0n) is 14.7. The number of halogens is 3. The van der Waals surface area contributed by atoms with Crippen molar-refractivity contribution >= 4 is 29.1 Å². The van der Waals surface area contributed by atoms with Gasteiger partial charge in [0.1, 0.15) is 0 Å². The topological polar surface area (TPSA) is 76.0 Å². The number of nitrogens with zero attached hydrogens (tertiary/aromatic N) is 2. The highest BCUT2D eigenvalue weighted by Crippen LogP contribution is 2.18. The third-order valence-electron chi connectivity index (χ3n) is 3.92. The third-order valence-corrected chi connectivity index (χ3v) is 4.16. The summed E-state index contributed by atoms with van der Waals surface area (Å²) in [5.41, 5.74) is 1.64. The normalized spacial score (nSPS) is 10.6. The molecule has 9 heteroatoms. The van der Waals surface area contributed by atoms with Crippen LogP contribution in [-0.4, -0.2) is 28.1 Å². The van der Waals surface area contributed by atoms with Crippen molar-refractivity contribution in [2.45, 2.75) is 6.92 Å². The molecule has 0 saturated carbocycles. The van der Waals surface area contributed by atoms with Crippen molar-refractivity contribution < 1.29 is 18.4 Å². The molecule has 3 aromatic rings. The molecule has 0 atom stereocenters. The Morgan fingerprint density at radius 2 is 1.93 bits per heavy atom. The van der Waals surface area contributed by atoms with Gasteiger partial charge < -0.3 is 10.6 Å². The molecular formula is C19H15ClF2N4O2. The molecule has 144 valence electrons. The van der Waals surface area contributed by atoms with Crippen LogP contribution in [0.1, 0.15) is 16.1 Å². The summed E-state index contributed by atoms with van der Waals surface area (Å²) in [5, 5.41) is 9.55. The Bertz CT molecular complexity index is 1050. The van der Waals surface area contributed by atoms with E-state index in [0.29, 0.717) is 22.0 Å². The first-order valence-electron chi connectivity index (χ1n) is 8.19. The van der Waals surface area contributed by atoms with Gasteiger partial charge in [-0.25, -0.2) is 13.5 Å². The van der Waals surface area contributed by atoms with Gasteiger partial charge in [-0.2, -0.15) is 5.10 Å². The minimum absolute atomic E-state index is 0.0862. The molecule has 28 heavy (non-hydrogen) atoms. The van der Waals surface area contributed by atoms with E-state index in [4.69, 9.17) is 11.6 Å². The van der Waals surface area contributed by atoms with Crippen LogP contribution in [0.15, 0.2) is 48.7 Å². The lowest BCUT2D eigenvalue weighted by molar-refractivity contribution is -0.115. The Labute approximate surface area is 164 Å². The molecule has 0 aliphatic heterocycles. The molecule has 3 rings (SSSR count). The first kappa shape index (κ1) is 19.5. The van der Waals surface area contributed by atoms with Crippen LogP contribution in [0, 0.1) is 18.6 Å². The maximum Gasteiger partial charge on any atom is 0.255 e. The van der Waals surface area contributed by atoms with Crippen LogP contribution < -0.4 is 10.6 Å². The van der Waals surface area contributed by atoms with Crippen LogP contribution >= 0.6 is 11.6 Å². The van der Waals surface area contributed by atoms with Crippen molar-refractivity contribution in [2.75, 3.05) is 11.9 Å². The van der Waals surface area contributed by atoms with Gasteiger partial charge in [-0.15, -0.1) is 0 Å². The number of hydrogen-bond acceptors (Lipinski definition) is 3. The average Bonchev–Trinajstić information content (AvgIpc) is 3.04. The summed E-state index contributed by atoms with van der Waals surface area (Å²) >= 11 is 5.98. The molecule has 0 radical (unpaired) electrons. The Kier molecular flexibility index (Phi) is 5.70. The van der Waals surface area contributed by atoms with Crippen LogP contribution in [0.2, 0.25) is 5.02 Å². The zero-order chi connectivity index (χ0) is 20.3. The van der Waals surface area contributed by atoms with Crippen molar-refractivity contribution in [1.29, 1.82) is 0 Å². The number of carbonyl (C=O) groups is 2. The highest BCUT2D eigenvalue weighted by atomic mass is 35.5. The van der Waals surface area contributed by atoms with Gasteiger partial charge in [0.15, 0.2) is 11.6 Å². The van der Waals surface area contributed by atoms with Crippen LogP contribution in [0.3, 0.4) is 0 Å². The van der Waals surface area contributed by atoms with E-state index in [2.05, 4.69) is 15.7 Å². The molecule has 0 aliphatic rings. The van der Waals surface area contributed by atoms with Gasteiger partial charge in [0.2, 0.25) is 5.91 Å². The fraction of sp³-hybridized carbons (Fsp3) is 0.105. The molecule has 1 aromatic heterocycles. The minimum Gasteiger partial charge on any atom is -0.343 e. The number of rotatable bonds is 5. The predicted octanol–water partition coefficient (Wildman–Crippen LogP) is 3.48. The van der Waals surface area contributed by atoms with Crippen molar-refractivity contribution in [3.05, 3.63) is 76.6 Å². The molecule has 2 aromatic carbocycles. The van der Waals surface area contributed by atoms with Crippen LogP contribution in [0.5, 0.6) is 0 Å². The Morgan fingerprint density at radius 3 is 2.64 bits per heavy atom. The van der Waals surface area contributed by atoms with Gasteiger partial charge >= 0.3 is 0 Å². The van der Waals surface area contributed by atoms with Gasteiger partial charge in [-0.3, -0.25) is 9.59 Å².